The zero-order valence-corrected chi connectivity index (χ0v) is 21.7. The molecule has 34 heavy (non-hydrogen) atoms. The van der Waals surface area contributed by atoms with E-state index in [2.05, 4.69) is 71.4 Å². The van der Waals surface area contributed by atoms with Gasteiger partial charge in [0.25, 0.3) is 5.91 Å². The lowest BCUT2D eigenvalue weighted by Crippen LogP contribution is -2.20. The number of hydrogen-bond donors (Lipinski definition) is 1. The Morgan fingerprint density at radius 1 is 0.912 bits per heavy atom. The molecule has 2 heterocycles. The van der Waals surface area contributed by atoms with Gasteiger partial charge in [-0.2, -0.15) is 0 Å². The maximum absolute atomic E-state index is 12.5. The average Bonchev–Trinajstić information content (AvgIpc) is 3.33. The second-order valence-corrected chi connectivity index (χ2v) is 9.95. The molecule has 0 saturated heterocycles. The number of benzene rings is 3. The number of hydrogen-bond acceptors (Lipinski definition) is 5. The Balaban J connectivity index is 1.25. The number of ether oxygens (including phenoxy) is 1. The summed E-state index contributed by atoms with van der Waals surface area (Å²) in [4.78, 5) is 21.5. The van der Waals surface area contributed by atoms with Crippen LogP contribution in [0.15, 0.2) is 93.3 Å². The number of carbonyl (C=O) groups excluding carboxylic acids is 1. The second kappa shape index (κ2) is 10.0. The molecule has 0 radical (unpaired) electrons. The van der Waals surface area contributed by atoms with Gasteiger partial charge in [0.15, 0.2) is 17.5 Å². The minimum Gasteiger partial charge on any atom is -0.480 e. The Hall–Kier alpha value is -3.07. The monoisotopic (exact) mass is 593 g/mol. The van der Waals surface area contributed by atoms with Gasteiger partial charge in [0.2, 0.25) is 0 Å². The van der Waals surface area contributed by atoms with E-state index < -0.39 is 0 Å². The number of thiazole rings is 1. The summed E-state index contributed by atoms with van der Waals surface area (Å²) >= 11 is 8.41. The van der Waals surface area contributed by atoms with E-state index in [9.17, 15) is 4.79 Å². The molecule has 0 atom stereocenters. The van der Waals surface area contributed by atoms with E-state index in [1.807, 2.05) is 53.9 Å². The van der Waals surface area contributed by atoms with Crippen LogP contribution in [0, 0.1) is 0 Å². The Morgan fingerprint density at radius 3 is 2.44 bits per heavy atom. The largest absolute Gasteiger partial charge is 0.480 e. The summed E-state index contributed by atoms with van der Waals surface area (Å²) in [5.41, 5.74) is 4.79. The molecule has 0 bridgehead atoms. The van der Waals surface area contributed by atoms with E-state index in [4.69, 9.17) is 4.74 Å². The molecule has 0 spiro atoms. The van der Waals surface area contributed by atoms with Gasteiger partial charge in [-0.25, -0.2) is 4.98 Å². The maximum atomic E-state index is 12.5. The first-order valence-electron chi connectivity index (χ1n) is 10.4. The minimum atomic E-state index is -0.292. The third-order valence-electron chi connectivity index (χ3n) is 5.14. The van der Waals surface area contributed by atoms with Gasteiger partial charge in [0.05, 0.1) is 10.2 Å². The molecule has 0 fully saturated rings. The molecule has 0 aliphatic heterocycles. The lowest BCUT2D eigenvalue weighted by molar-refractivity contribution is -0.118. The Kier molecular flexibility index (Phi) is 6.71. The van der Waals surface area contributed by atoms with Crippen molar-refractivity contribution in [1.29, 1.82) is 0 Å². The fourth-order valence-electron chi connectivity index (χ4n) is 3.50. The molecule has 5 aromatic rings. The number of aromatic nitrogens is 2. The summed E-state index contributed by atoms with van der Waals surface area (Å²) in [6.07, 6.45) is 1.69. The van der Waals surface area contributed by atoms with Crippen LogP contribution in [0.25, 0.3) is 33.3 Å². The fourth-order valence-corrected chi connectivity index (χ4v) is 5.63. The van der Waals surface area contributed by atoms with Crippen molar-refractivity contribution in [2.24, 2.45) is 0 Å². The number of pyridine rings is 1. The highest BCUT2D eigenvalue weighted by Gasteiger charge is 2.15. The SMILES string of the molecule is O=C(COc1c(Br)cc(Br)c2cccnc12)Nc1nc(-c2ccc(-c3ccccc3)cc2)cs1. The zero-order valence-electron chi connectivity index (χ0n) is 17.7. The number of carbonyl (C=O) groups is 1. The molecular formula is C26H17Br2N3O2S. The maximum Gasteiger partial charge on any atom is 0.264 e. The topological polar surface area (TPSA) is 64.1 Å². The number of rotatable bonds is 6. The van der Waals surface area contributed by atoms with Crippen molar-refractivity contribution >= 4 is 65.1 Å². The molecule has 1 N–H and O–H groups in total. The summed E-state index contributed by atoms with van der Waals surface area (Å²) in [7, 11) is 0. The quantitative estimate of drug-likeness (QED) is 0.220. The summed E-state index contributed by atoms with van der Waals surface area (Å²) < 4.78 is 7.43. The van der Waals surface area contributed by atoms with Crippen LogP contribution in [0.5, 0.6) is 5.75 Å². The van der Waals surface area contributed by atoms with Gasteiger partial charge >= 0.3 is 0 Å². The van der Waals surface area contributed by atoms with Crippen molar-refractivity contribution in [2.45, 2.75) is 0 Å². The summed E-state index contributed by atoms with van der Waals surface area (Å²) in [6.45, 7) is -0.160. The standard InChI is InChI=1S/C26H17Br2N3O2S/c27-20-13-21(28)25(24-19(20)7-4-12-29-24)33-14-23(32)31-26-30-22(15-34-26)18-10-8-17(9-11-18)16-5-2-1-3-6-16/h1-13,15H,14H2,(H,30,31,32). The average molecular weight is 595 g/mol. The molecule has 5 nitrogen and oxygen atoms in total. The summed E-state index contributed by atoms with van der Waals surface area (Å²) in [5, 5.41) is 6.17. The minimum absolute atomic E-state index is 0.160. The molecule has 1 amide bonds. The number of nitrogens with zero attached hydrogens (tertiary/aromatic N) is 2. The molecule has 0 aliphatic rings. The molecule has 3 aromatic carbocycles. The van der Waals surface area contributed by atoms with Crippen LogP contribution in [0.3, 0.4) is 0 Å². The smallest absolute Gasteiger partial charge is 0.264 e. The van der Waals surface area contributed by atoms with Gasteiger partial charge in [-0.05, 0) is 39.2 Å². The van der Waals surface area contributed by atoms with Gasteiger partial charge < -0.3 is 4.74 Å². The first-order chi connectivity index (χ1) is 16.6. The van der Waals surface area contributed by atoms with Crippen LogP contribution in [-0.4, -0.2) is 22.5 Å². The first-order valence-corrected chi connectivity index (χ1v) is 12.8. The van der Waals surface area contributed by atoms with Gasteiger partial charge in [-0.1, -0.05) is 76.6 Å². The molecular weight excluding hydrogens is 578 g/mol. The van der Waals surface area contributed by atoms with E-state index in [1.165, 1.54) is 16.9 Å². The zero-order chi connectivity index (χ0) is 23.5. The van der Waals surface area contributed by atoms with E-state index in [0.717, 1.165) is 26.7 Å². The number of anilines is 1. The molecule has 2 aromatic heterocycles. The molecule has 168 valence electrons. The van der Waals surface area contributed by atoms with E-state index >= 15 is 0 Å². The summed E-state index contributed by atoms with van der Waals surface area (Å²) in [5.74, 6) is 0.228. The lowest BCUT2D eigenvalue weighted by Gasteiger charge is -2.11. The van der Waals surface area contributed by atoms with Crippen LogP contribution in [0.1, 0.15) is 0 Å². The Morgan fingerprint density at radius 2 is 1.65 bits per heavy atom. The number of nitrogens with one attached hydrogen (secondary N) is 1. The van der Waals surface area contributed by atoms with Crippen LogP contribution in [0.2, 0.25) is 0 Å². The Bertz CT molecular complexity index is 1470. The van der Waals surface area contributed by atoms with Gasteiger partial charge in [-0.3, -0.25) is 15.1 Å². The number of amides is 1. The highest BCUT2D eigenvalue weighted by Crippen LogP contribution is 2.37. The molecule has 8 heteroatoms. The second-order valence-electron chi connectivity index (χ2n) is 7.39. The van der Waals surface area contributed by atoms with Gasteiger partial charge in [-0.15, -0.1) is 11.3 Å². The van der Waals surface area contributed by atoms with E-state index in [1.54, 1.807) is 6.20 Å². The van der Waals surface area contributed by atoms with Crippen LogP contribution in [0.4, 0.5) is 5.13 Å². The first kappa shape index (κ1) is 22.7. The van der Waals surface area contributed by atoms with Crippen LogP contribution < -0.4 is 10.1 Å². The molecule has 0 saturated carbocycles. The predicted molar refractivity (Wildman–Crippen MR) is 144 cm³/mol. The third kappa shape index (κ3) is 4.89. The molecule has 0 unspecified atom stereocenters. The van der Waals surface area contributed by atoms with Crippen molar-refractivity contribution in [3.63, 3.8) is 0 Å². The lowest BCUT2D eigenvalue weighted by atomic mass is 10.0. The van der Waals surface area contributed by atoms with Crippen molar-refractivity contribution in [1.82, 2.24) is 9.97 Å². The van der Waals surface area contributed by atoms with Crippen molar-refractivity contribution in [3.8, 4) is 28.1 Å². The highest BCUT2D eigenvalue weighted by molar-refractivity contribution is 9.11. The van der Waals surface area contributed by atoms with Gasteiger partial charge in [0.1, 0.15) is 5.52 Å². The van der Waals surface area contributed by atoms with Crippen molar-refractivity contribution in [2.75, 3.05) is 11.9 Å². The predicted octanol–water partition coefficient (Wildman–Crippen LogP) is 7.57. The van der Waals surface area contributed by atoms with E-state index in [-0.39, 0.29) is 12.5 Å². The third-order valence-corrected chi connectivity index (χ3v) is 7.14. The highest BCUT2D eigenvalue weighted by atomic mass is 79.9. The van der Waals surface area contributed by atoms with Crippen molar-refractivity contribution in [3.05, 3.63) is 93.3 Å². The number of fused-ring (bicyclic) bond motifs is 1. The number of halogens is 2. The van der Waals surface area contributed by atoms with Crippen molar-refractivity contribution < 1.29 is 9.53 Å². The van der Waals surface area contributed by atoms with E-state index in [0.29, 0.717) is 20.9 Å². The van der Waals surface area contributed by atoms with Gasteiger partial charge in [0, 0.05) is 27.0 Å². The van der Waals surface area contributed by atoms with Crippen LogP contribution in [-0.2, 0) is 4.79 Å². The van der Waals surface area contributed by atoms with Crippen LogP contribution >= 0.6 is 43.2 Å². The normalized spacial score (nSPS) is 10.9. The molecule has 5 rings (SSSR count). The molecule has 0 aliphatic carbocycles. The summed E-state index contributed by atoms with van der Waals surface area (Å²) in [6, 6.07) is 24.1. The Labute approximate surface area is 217 Å². The fraction of sp³-hybridized carbons (Fsp3) is 0.0385.